The first-order valence-electron chi connectivity index (χ1n) is 6.54. The van der Waals surface area contributed by atoms with Crippen molar-refractivity contribution in [3.63, 3.8) is 0 Å². The van der Waals surface area contributed by atoms with Crippen LogP contribution in [0, 0.1) is 0 Å². The highest BCUT2D eigenvalue weighted by Crippen LogP contribution is 2.03. The van der Waals surface area contributed by atoms with Crippen molar-refractivity contribution in [2.75, 3.05) is 13.6 Å². The van der Waals surface area contributed by atoms with Crippen molar-refractivity contribution in [1.29, 1.82) is 0 Å². The quantitative estimate of drug-likeness (QED) is 0.469. The van der Waals surface area contributed by atoms with Crippen LogP contribution >= 0.6 is 0 Å². The van der Waals surface area contributed by atoms with Crippen LogP contribution in [0.25, 0.3) is 6.08 Å². The number of nitrogens with zero attached hydrogens (tertiary/aromatic N) is 1. The summed E-state index contributed by atoms with van der Waals surface area (Å²) in [5.74, 6) is 0. The molecule has 1 rings (SSSR count). The molecule has 6 heteroatoms. The number of hydrogen-bond donors (Lipinski definition) is 2. The van der Waals surface area contributed by atoms with Gasteiger partial charge in [0.05, 0.1) is 20.8 Å². The zero-order valence-corrected chi connectivity index (χ0v) is 16.8. The van der Waals surface area contributed by atoms with Gasteiger partial charge in [0.1, 0.15) is 0 Å². The molecule has 0 saturated carbocycles. The maximum absolute atomic E-state index is 3.53. The Kier molecular flexibility index (Phi) is 8.14. The summed E-state index contributed by atoms with van der Waals surface area (Å²) in [6.45, 7) is 1.18. The highest BCUT2D eigenvalue weighted by molar-refractivity contribution is 6.61. The van der Waals surface area contributed by atoms with Crippen molar-refractivity contribution in [2.24, 2.45) is 0 Å². The summed E-state index contributed by atoms with van der Waals surface area (Å²) in [5.41, 5.74) is 1.29. The van der Waals surface area contributed by atoms with Crippen LogP contribution < -0.4 is 9.30 Å². The van der Waals surface area contributed by atoms with Gasteiger partial charge in [0.15, 0.2) is 0 Å². The van der Waals surface area contributed by atoms with Crippen LogP contribution in [0.2, 0.25) is 0 Å². The molecule has 0 atom stereocenters. The van der Waals surface area contributed by atoms with E-state index in [1.54, 1.807) is 0 Å². The first-order chi connectivity index (χ1) is 8.77. The van der Waals surface area contributed by atoms with E-state index in [-0.39, 0.29) is 0 Å². The number of benzene rings is 1. The molecule has 0 amide bonds. The van der Waals surface area contributed by atoms with E-state index in [1.807, 2.05) is 0 Å². The summed E-state index contributed by atoms with van der Waals surface area (Å²) in [6, 6.07) is 10.5. The predicted molar refractivity (Wildman–Crippen MR) is 90.6 cm³/mol. The Morgan fingerprint density at radius 2 is 1.89 bits per heavy atom. The molecule has 0 aliphatic rings. The van der Waals surface area contributed by atoms with Crippen molar-refractivity contribution in [3.8, 4) is 0 Å². The average Bonchev–Trinajstić information content (AvgIpc) is 2.41. The first-order valence-corrected chi connectivity index (χ1v) is 10.2. The standard InChI is InChI=1S/C12H25N3Si3/c1-15(18(13-16)14-17)11-7-3-6-10-12-8-4-2-5-9-12/h2,4-6,8-10,13-14,18H,3,7,11H2,1,16-17H3. The van der Waals surface area contributed by atoms with E-state index in [2.05, 4.69) is 63.4 Å². The minimum atomic E-state index is -0.965. The van der Waals surface area contributed by atoms with Crippen molar-refractivity contribution in [2.45, 2.75) is 12.8 Å². The highest BCUT2D eigenvalue weighted by atomic mass is 28.3. The molecular formula is C12H25N3Si3. The number of rotatable bonds is 8. The molecule has 0 bridgehead atoms. The maximum Gasteiger partial charge on any atom is 0.252 e. The topological polar surface area (TPSA) is 27.3 Å². The second-order valence-corrected chi connectivity index (χ2v) is 10.7. The second kappa shape index (κ2) is 9.42. The Hall–Kier alpha value is -0.509. The van der Waals surface area contributed by atoms with Crippen LogP contribution in [-0.2, 0) is 0 Å². The third-order valence-electron chi connectivity index (χ3n) is 2.98. The molecule has 2 N–H and O–H groups in total. The van der Waals surface area contributed by atoms with Gasteiger partial charge >= 0.3 is 0 Å². The van der Waals surface area contributed by atoms with Crippen molar-refractivity contribution >= 4 is 36.2 Å². The molecule has 18 heavy (non-hydrogen) atoms. The molecular weight excluding hydrogens is 270 g/mol. The fraction of sp³-hybridized carbons (Fsp3) is 0.333. The largest absolute Gasteiger partial charge is 0.345 e. The number of nitrogens with one attached hydrogen (secondary N) is 2. The van der Waals surface area contributed by atoms with Gasteiger partial charge in [-0.05, 0) is 32.0 Å². The lowest BCUT2D eigenvalue weighted by Crippen LogP contribution is -2.57. The molecule has 0 radical (unpaired) electrons. The molecule has 0 fully saturated rings. The normalized spacial score (nSPS) is 13.7. The van der Waals surface area contributed by atoms with E-state index in [4.69, 9.17) is 0 Å². The Labute approximate surface area is 119 Å². The Bertz CT molecular complexity index is 342. The van der Waals surface area contributed by atoms with E-state index in [1.165, 1.54) is 18.5 Å². The summed E-state index contributed by atoms with van der Waals surface area (Å²) in [4.78, 5) is 0. The van der Waals surface area contributed by atoms with Crippen molar-refractivity contribution in [1.82, 2.24) is 13.9 Å². The highest BCUT2D eigenvalue weighted by Gasteiger charge is 2.10. The molecule has 100 valence electrons. The summed E-state index contributed by atoms with van der Waals surface area (Å²) in [7, 11) is 3.44. The third-order valence-corrected chi connectivity index (χ3v) is 8.49. The van der Waals surface area contributed by atoms with Crippen molar-refractivity contribution < 1.29 is 0 Å². The third kappa shape index (κ3) is 5.89. The zero-order chi connectivity index (χ0) is 13.2. The van der Waals surface area contributed by atoms with Crippen LogP contribution in [0.15, 0.2) is 36.4 Å². The Morgan fingerprint density at radius 1 is 1.22 bits per heavy atom. The van der Waals surface area contributed by atoms with Crippen molar-refractivity contribution in [3.05, 3.63) is 42.0 Å². The van der Waals surface area contributed by atoms with E-state index in [0.29, 0.717) is 0 Å². The van der Waals surface area contributed by atoms with Crippen LogP contribution in [-0.4, -0.2) is 48.2 Å². The fourth-order valence-corrected chi connectivity index (χ4v) is 9.68. The Morgan fingerprint density at radius 3 is 2.50 bits per heavy atom. The number of hydrogen-bond acceptors (Lipinski definition) is 3. The minimum absolute atomic E-state index is 0.965. The van der Waals surface area contributed by atoms with Crippen LogP contribution in [0.5, 0.6) is 0 Å². The van der Waals surface area contributed by atoms with Gasteiger partial charge in [-0.3, -0.25) is 0 Å². The van der Waals surface area contributed by atoms with Gasteiger partial charge in [0.2, 0.25) is 0 Å². The van der Waals surface area contributed by atoms with Crippen LogP contribution in [0.4, 0.5) is 0 Å². The molecule has 0 heterocycles. The number of allylic oxidation sites excluding steroid dienone is 1. The molecule has 3 nitrogen and oxygen atoms in total. The van der Waals surface area contributed by atoms with Gasteiger partial charge in [-0.2, -0.15) is 0 Å². The minimum Gasteiger partial charge on any atom is -0.345 e. The van der Waals surface area contributed by atoms with Crippen LogP contribution in [0.3, 0.4) is 0 Å². The van der Waals surface area contributed by atoms with E-state index < -0.39 is 9.28 Å². The maximum atomic E-state index is 3.53. The molecule has 1 aromatic rings. The SMILES string of the molecule is CN(CCCC=Cc1ccccc1)[SiH](N[SiH3])N[SiH3]. The van der Waals surface area contributed by atoms with Gasteiger partial charge in [-0.25, -0.2) is 0 Å². The van der Waals surface area contributed by atoms with Gasteiger partial charge in [-0.15, -0.1) is 0 Å². The lowest BCUT2D eigenvalue weighted by atomic mass is 10.2. The molecule has 0 aromatic heterocycles. The lowest BCUT2D eigenvalue weighted by Gasteiger charge is -2.25. The number of unbranched alkanes of at least 4 members (excludes halogenated alkanes) is 1. The fourth-order valence-electron chi connectivity index (χ4n) is 1.96. The Balaban J connectivity index is 2.20. The smallest absolute Gasteiger partial charge is 0.252 e. The van der Waals surface area contributed by atoms with Gasteiger partial charge in [0.25, 0.3) is 9.28 Å². The predicted octanol–water partition coefficient (Wildman–Crippen LogP) is -1.13. The molecule has 1 aromatic carbocycles. The lowest BCUT2D eigenvalue weighted by molar-refractivity contribution is 0.495. The summed E-state index contributed by atoms with van der Waals surface area (Å²) < 4.78 is 9.54. The van der Waals surface area contributed by atoms with Gasteiger partial charge in [-0.1, -0.05) is 42.5 Å². The van der Waals surface area contributed by atoms with Gasteiger partial charge < -0.3 is 13.9 Å². The molecule has 0 unspecified atom stereocenters. The molecule has 0 saturated heterocycles. The van der Waals surface area contributed by atoms with Gasteiger partial charge in [0, 0.05) is 0 Å². The monoisotopic (exact) mass is 295 g/mol. The van der Waals surface area contributed by atoms with E-state index in [9.17, 15) is 0 Å². The molecule has 0 aliphatic carbocycles. The summed E-state index contributed by atoms with van der Waals surface area (Å²) in [6.07, 6.45) is 6.88. The van der Waals surface area contributed by atoms with E-state index >= 15 is 0 Å². The zero-order valence-electron chi connectivity index (χ0n) is 11.7. The van der Waals surface area contributed by atoms with Crippen LogP contribution in [0.1, 0.15) is 18.4 Å². The first kappa shape index (κ1) is 15.5. The van der Waals surface area contributed by atoms with E-state index in [0.717, 1.165) is 27.2 Å². The average molecular weight is 296 g/mol. The molecule has 0 spiro atoms. The second-order valence-electron chi connectivity index (χ2n) is 4.42. The summed E-state index contributed by atoms with van der Waals surface area (Å²) in [5, 5.41) is 0. The molecule has 0 aliphatic heterocycles. The summed E-state index contributed by atoms with van der Waals surface area (Å²) >= 11 is 0.